The van der Waals surface area contributed by atoms with Crippen LogP contribution >= 0.6 is 12.6 Å². The van der Waals surface area contributed by atoms with E-state index >= 15 is 0 Å². The van der Waals surface area contributed by atoms with E-state index < -0.39 is 12.0 Å². The molecule has 1 aromatic rings. The molecule has 5 heteroatoms. The summed E-state index contributed by atoms with van der Waals surface area (Å²) in [5.74, 6) is -0.815. The number of carbonyl (C=O) groups is 1. The van der Waals surface area contributed by atoms with E-state index in [1.807, 2.05) is 30.3 Å². The Labute approximate surface area is 88.3 Å². The molecule has 1 atom stereocenters. The van der Waals surface area contributed by atoms with E-state index in [4.69, 9.17) is 16.6 Å². The van der Waals surface area contributed by atoms with Crippen LogP contribution in [0.2, 0.25) is 0 Å². The summed E-state index contributed by atoms with van der Waals surface area (Å²) >= 11 is 3.65. The first-order valence-electron chi connectivity index (χ1n) is 3.97. The van der Waals surface area contributed by atoms with Gasteiger partial charge in [0.25, 0.3) is 0 Å². The molecule has 14 heavy (non-hydrogen) atoms. The molecule has 0 bridgehead atoms. The summed E-state index contributed by atoms with van der Waals surface area (Å²) in [5, 5.41) is 8.01. The number of nitrogen functional groups attached to an aromatic ring is 1. The fraction of sp³-hybridized carbons (Fsp3) is 0.222. The van der Waals surface area contributed by atoms with Gasteiger partial charge in [-0.15, -0.1) is 0 Å². The van der Waals surface area contributed by atoms with Crippen molar-refractivity contribution in [2.75, 3.05) is 11.5 Å². The van der Waals surface area contributed by atoms with E-state index in [0.29, 0.717) is 0 Å². The largest absolute Gasteiger partial charge is 0.480 e. The number of benzene rings is 1. The Morgan fingerprint density at radius 1 is 1.43 bits per heavy atom. The van der Waals surface area contributed by atoms with Crippen LogP contribution in [-0.4, -0.2) is 22.9 Å². The van der Waals surface area contributed by atoms with Crippen molar-refractivity contribution in [3.8, 4) is 0 Å². The van der Waals surface area contributed by atoms with Crippen molar-refractivity contribution in [1.82, 2.24) is 0 Å². The Hall–Kier alpha value is -1.20. The molecular formula is C9H14N2O2S. The summed E-state index contributed by atoms with van der Waals surface area (Å²) < 4.78 is 0. The first-order valence-corrected chi connectivity index (χ1v) is 4.61. The van der Waals surface area contributed by atoms with Crippen LogP contribution in [0.4, 0.5) is 5.69 Å². The van der Waals surface area contributed by atoms with Gasteiger partial charge in [0.1, 0.15) is 6.04 Å². The van der Waals surface area contributed by atoms with Crippen molar-refractivity contribution in [3.05, 3.63) is 30.3 Å². The minimum Gasteiger partial charge on any atom is -0.480 e. The Bertz CT molecular complexity index is 267. The van der Waals surface area contributed by atoms with Gasteiger partial charge < -0.3 is 16.6 Å². The minimum atomic E-state index is -1.00. The number of hydrogen-bond acceptors (Lipinski definition) is 4. The maximum Gasteiger partial charge on any atom is 0.321 e. The third-order valence-corrected chi connectivity index (χ3v) is 1.71. The first-order chi connectivity index (χ1) is 6.57. The lowest BCUT2D eigenvalue weighted by molar-refractivity contribution is -0.137. The highest BCUT2D eigenvalue weighted by Crippen LogP contribution is 1.95. The molecule has 0 saturated heterocycles. The molecule has 0 fully saturated rings. The number of para-hydroxylation sites is 1. The van der Waals surface area contributed by atoms with Crippen molar-refractivity contribution in [2.45, 2.75) is 6.04 Å². The molecule has 1 rings (SSSR count). The Morgan fingerprint density at radius 2 is 1.93 bits per heavy atom. The van der Waals surface area contributed by atoms with Crippen molar-refractivity contribution < 1.29 is 9.90 Å². The summed E-state index contributed by atoms with van der Waals surface area (Å²) in [4.78, 5) is 9.76. The van der Waals surface area contributed by atoms with Gasteiger partial charge in [-0.1, -0.05) is 18.2 Å². The quantitative estimate of drug-likeness (QED) is 0.428. The second kappa shape index (κ2) is 7.23. The van der Waals surface area contributed by atoms with E-state index in [0.717, 1.165) is 5.69 Å². The molecule has 0 amide bonds. The predicted octanol–water partition coefficient (Wildman–Crippen LogP) is 0.597. The normalized spacial score (nSPS) is 11.0. The van der Waals surface area contributed by atoms with Crippen molar-refractivity contribution in [3.63, 3.8) is 0 Å². The molecule has 0 radical (unpaired) electrons. The molecule has 0 aromatic heterocycles. The van der Waals surface area contributed by atoms with Crippen LogP contribution in [0.5, 0.6) is 0 Å². The molecule has 0 heterocycles. The van der Waals surface area contributed by atoms with Gasteiger partial charge in [-0.05, 0) is 12.1 Å². The Kier molecular flexibility index (Phi) is 6.61. The molecule has 4 nitrogen and oxygen atoms in total. The number of thiol groups is 1. The number of carboxylic acids is 1. The lowest BCUT2D eigenvalue weighted by Crippen LogP contribution is -2.31. The van der Waals surface area contributed by atoms with Gasteiger partial charge in [0, 0.05) is 11.4 Å². The van der Waals surface area contributed by atoms with Gasteiger partial charge in [-0.25, -0.2) is 0 Å². The van der Waals surface area contributed by atoms with E-state index in [1.54, 1.807) is 0 Å². The highest BCUT2D eigenvalue weighted by Gasteiger charge is 2.06. The van der Waals surface area contributed by atoms with Gasteiger partial charge in [-0.2, -0.15) is 12.6 Å². The number of aliphatic carboxylic acids is 1. The number of carboxylic acid groups (broad SMARTS) is 1. The van der Waals surface area contributed by atoms with Crippen molar-refractivity contribution in [2.24, 2.45) is 5.73 Å². The molecule has 0 unspecified atom stereocenters. The van der Waals surface area contributed by atoms with Gasteiger partial charge in [0.2, 0.25) is 0 Å². The molecule has 0 saturated carbocycles. The summed E-state index contributed by atoms with van der Waals surface area (Å²) in [6, 6.07) is 8.67. The second-order valence-electron chi connectivity index (χ2n) is 2.54. The predicted molar refractivity (Wildman–Crippen MR) is 60.3 cm³/mol. The third kappa shape index (κ3) is 6.33. The van der Waals surface area contributed by atoms with Crippen LogP contribution in [0.1, 0.15) is 0 Å². The molecular weight excluding hydrogens is 200 g/mol. The maximum absolute atomic E-state index is 9.76. The van der Waals surface area contributed by atoms with Crippen molar-refractivity contribution in [1.29, 1.82) is 0 Å². The lowest BCUT2D eigenvalue weighted by Gasteiger charge is -1.96. The smallest absolute Gasteiger partial charge is 0.321 e. The van der Waals surface area contributed by atoms with Crippen LogP contribution in [0.3, 0.4) is 0 Å². The monoisotopic (exact) mass is 214 g/mol. The fourth-order valence-electron chi connectivity index (χ4n) is 0.531. The first kappa shape index (κ1) is 12.8. The van der Waals surface area contributed by atoms with Gasteiger partial charge in [0.15, 0.2) is 0 Å². The van der Waals surface area contributed by atoms with Gasteiger partial charge in [-0.3, -0.25) is 4.79 Å². The standard InChI is InChI=1S/C6H7N.C3H7NO2S/c7-6-4-2-1-3-5-6;4-2(1-7)3(5)6/h1-5H,7H2;2,7H,1,4H2,(H,5,6)/t;2-/m.0/s1. The van der Waals surface area contributed by atoms with Crippen LogP contribution in [0.25, 0.3) is 0 Å². The number of anilines is 1. The average molecular weight is 214 g/mol. The fourth-order valence-corrected chi connectivity index (χ4v) is 0.687. The molecule has 1 aromatic carbocycles. The van der Waals surface area contributed by atoms with Crippen molar-refractivity contribution >= 4 is 24.3 Å². The van der Waals surface area contributed by atoms with Crippen LogP contribution in [0, 0.1) is 0 Å². The highest BCUT2D eigenvalue weighted by atomic mass is 32.1. The van der Waals surface area contributed by atoms with Crippen LogP contribution in [0.15, 0.2) is 30.3 Å². The Morgan fingerprint density at radius 3 is 2.07 bits per heavy atom. The maximum atomic E-state index is 9.76. The molecule has 0 aliphatic heterocycles. The van der Waals surface area contributed by atoms with Gasteiger partial charge >= 0.3 is 5.97 Å². The van der Waals surface area contributed by atoms with Crippen LogP contribution in [-0.2, 0) is 4.79 Å². The third-order valence-electron chi connectivity index (χ3n) is 1.31. The summed E-state index contributed by atoms with van der Waals surface area (Å²) in [6.07, 6.45) is 0. The van der Waals surface area contributed by atoms with E-state index in [2.05, 4.69) is 12.6 Å². The van der Waals surface area contributed by atoms with E-state index in [1.165, 1.54) is 0 Å². The van der Waals surface area contributed by atoms with E-state index in [9.17, 15) is 4.79 Å². The zero-order valence-electron chi connectivity index (χ0n) is 7.63. The highest BCUT2D eigenvalue weighted by molar-refractivity contribution is 7.80. The lowest BCUT2D eigenvalue weighted by atomic mass is 10.3. The molecule has 0 aliphatic carbocycles. The summed E-state index contributed by atoms with van der Waals surface area (Å²) in [7, 11) is 0. The summed E-state index contributed by atoms with van der Waals surface area (Å²) in [5.41, 5.74) is 11.1. The van der Waals surface area contributed by atoms with E-state index in [-0.39, 0.29) is 5.75 Å². The number of nitrogens with two attached hydrogens (primary N) is 2. The molecule has 5 N–H and O–H groups in total. The minimum absolute atomic E-state index is 0.190. The topological polar surface area (TPSA) is 89.3 Å². The zero-order chi connectivity index (χ0) is 11.0. The number of rotatable bonds is 2. The second-order valence-corrected chi connectivity index (χ2v) is 2.90. The molecule has 0 aliphatic rings. The van der Waals surface area contributed by atoms with Gasteiger partial charge in [0.05, 0.1) is 0 Å². The number of hydrogen-bond donors (Lipinski definition) is 4. The summed E-state index contributed by atoms with van der Waals surface area (Å²) in [6.45, 7) is 0. The molecule has 0 spiro atoms. The Balaban J connectivity index is 0.000000241. The zero-order valence-corrected chi connectivity index (χ0v) is 8.52. The van der Waals surface area contributed by atoms with Crippen LogP contribution < -0.4 is 11.5 Å². The molecule has 78 valence electrons. The SMILES string of the molecule is N[C@@H](CS)C(=O)O.Nc1ccccc1. The average Bonchev–Trinajstić information content (AvgIpc) is 2.18.